The second-order valence-corrected chi connectivity index (χ2v) is 3.61. The molecule has 0 aliphatic rings. The first kappa shape index (κ1) is 18.3. The summed E-state index contributed by atoms with van der Waals surface area (Å²) in [7, 11) is 0. The van der Waals surface area contributed by atoms with Gasteiger partial charge >= 0.3 is 35.5 Å². The summed E-state index contributed by atoms with van der Waals surface area (Å²) in [6.45, 7) is 0. The maximum atomic E-state index is 10.9. The number of hydrogen-bond acceptors (Lipinski definition) is 7. The van der Waals surface area contributed by atoms with Crippen LogP contribution in [0, 0.1) is 10.1 Å². The molecule has 1 aromatic carbocycles. The third kappa shape index (κ3) is 4.78. The summed E-state index contributed by atoms with van der Waals surface area (Å²) in [5.74, 6) is -3.20. The number of carbonyl (C=O) groups excluding carboxylic acids is 1. The number of nitrogens with two attached hydrogens (primary N) is 1. The average Bonchev–Trinajstić information content (AvgIpc) is 2.35. The number of carboxylic acid groups (broad SMARTS) is 2. The van der Waals surface area contributed by atoms with Crippen LogP contribution in [0.3, 0.4) is 0 Å². The van der Waals surface area contributed by atoms with Gasteiger partial charge in [-0.3, -0.25) is 10.1 Å². The van der Waals surface area contributed by atoms with E-state index in [9.17, 15) is 24.8 Å². The molecule has 1 unspecified atom stereocenters. The molecule has 0 amide bonds. The van der Waals surface area contributed by atoms with Gasteiger partial charge < -0.3 is 26.1 Å². The molecule has 0 bridgehead atoms. The number of rotatable bonds is 6. The minimum absolute atomic E-state index is 0. The van der Waals surface area contributed by atoms with E-state index in [0.29, 0.717) is 0 Å². The monoisotopic (exact) mass is 291 g/mol. The molecule has 0 spiro atoms. The summed E-state index contributed by atoms with van der Waals surface area (Å²) in [5, 5.41) is 32.2. The molecule has 0 fully saturated rings. The van der Waals surface area contributed by atoms with E-state index in [4.69, 9.17) is 10.8 Å². The first-order chi connectivity index (χ1) is 8.82. The molecule has 2 atom stereocenters. The largest absolute Gasteiger partial charge is 1.00 e. The maximum Gasteiger partial charge on any atom is 1.00 e. The Kier molecular flexibility index (Phi) is 7.14. The second kappa shape index (κ2) is 7.80. The molecular formula is C10H10N3NaO6. The van der Waals surface area contributed by atoms with Crippen LogP contribution in [0.25, 0.3) is 0 Å². The third-order valence-corrected chi connectivity index (χ3v) is 2.30. The fourth-order valence-corrected chi connectivity index (χ4v) is 1.30. The summed E-state index contributed by atoms with van der Waals surface area (Å²) in [5.41, 5.74) is 5.18. The van der Waals surface area contributed by atoms with Crippen molar-refractivity contribution in [2.24, 2.45) is 5.73 Å². The molecular weight excluding hydrogens is 281 g/mol. The van der Waals surface area contributed by atoms with Gasteiger partial charge in [-0.2, -0.15) is 0 Å². The van der Waals surface area contributed by atoms with Crippen molar-refractivity contribution in [1.29, 1.82) is 0 Å². The smallest absolute Gasteiger partial charge is 0.548 e. The van der Waals surface area contributed by atoms with Crippen LogP contribution >= 0.6 is 0 Å². The van der Waals surface area contributed by atoms with Gasteiger partial charge in [-0.15, -0.1) is 0 Å². The zero-order valence-electron chi connectivity index (χ0n) is 10.5. The Labute approximate surface area is 135 Å². The van der Waals surface area contributed by atoms with Crippen LogP contribution in [0.1, 0.15) is 0 Å². The molecule has 0 aromatic heterocycles. The molecule has 0 aliphatic carbocycles. The topological polar surface area (TPSA) is 159 Å². The van der Waals surface area contributed by atoms with Crippen molar-refractivity contribution in [3.8, 4) is 0 Å². The van der Waals surface area contributed by atoms with E-state index >= 15 is 0 Å². The standard InChI is InChI=1S/C10H11N3O6.Na/c11-7(9(14)15)8(10(16)17)12-5-1-3-6(4-2-5)13(18)19;/h1-4,7-8,12H,11H2,(H,14,15)(H,16,17);/q;+1/p-1/t7-,8?;/m0./s1. The van der Waals surface area contributed by atoms with Gasteiger partial charge in [-0.25, -0.2) is 4.79 Å². The zero-order chi connectivity index (χ0) is 14.6. The quantitative estimate of drug-likeness (QED) is 0.269. The Morgan fingerprint density at radius 3 is 2.15 bits per heavy atom. The van der Waals surface area contributed by atoms with E-state index in [-0.39, 0.29) is 40.9 Å². The van der Waals surface area contributed by atoms with Crippen molar-refractivity contribution in [2.45, 2.75) is 12.1 Å². The Balaban J connectivity index is 0.00000361. The number of carboxylic acids is 2. The number of nitro groups is 1. The molecule has 1 aromatic rings. The van der Waals surface area contributed by atoms with Crippen LogP contribution < -0.4 is 45.7 Å². The molecule has 0 saturated heterocycles. The van der Waals surface area contributed by atoms with Crippen molar-refractivity contribution in [3.63, 3.8) is 0 Å². The first-order valence-corrected chi connectivity index (χ1v) is 5.03. The van der Waals surface area contributed by atoms with Crippen LogP contribution in [-0.2, 0) is 9.59 Å². The van der Waals surface area contributed by atoms with Gasteiger partial charge in [0.1, 0.15) is 6.04 Å². The number of nitrogens with one attached hydrogen (secondary N) is 1. The van der Waals surface area contributed by atoms with Gasteiger partial charge in [0.05, 0.1) is 16.9 Å². The molecule has 0 heterocycles. The average molecular weight is 291 g/mol. The second-order valence-electron chi connectivity index (χ2n) is 3.61. The number of hydrogen-bond donors (Lipinski definition) is 3. The van der Waals surface area contributed by atoms with Crippen molar-refractivity contribution >= 4 is 23.3 Å². The van der Waals surface area contributed by atoms with Gasteiger partial charge in [0, 0.05) is 17.8 Å². The fourth-order valence-electron chi connectivity index (χ4n) is 1.30. The van der Waals surface area contributed by atoms with Gasteiger partial charge in [0.15, 0.2) is 0 Å². The summed E-state index contributed by atoms with van der Waals surface area (Å²) >= 11 is 0. The zero-order valence-corrected chi connectivity index (χ0v) is 12.5. The fraction of sp³-hybridized carbons (Fsp3) is 0.200. The van der Waals surface area contributed by atoms with E-state index in [0.717, 1.165) is 12.1 Å². The molecule has 9 nitrogen and oxygen atoms in total. The van der Waals surface area contributed by atoms with Crippen molar-refractivity contribution < 1.29 is 54.3 Å². The maximum absolute atomic E-state index is 10.9. The predicted molar refractivity (Wildman–Crippen MR) is 61.1 cm³/mol. The Hall–Kier alpha value is -1.68. The van der Waals surface area contributed by atoms with Crippen LogP contribution in [0.15, 0.2) is 24.3 Å². The van der Waals surface area contributed by atoms with E-state index in [1.165, 1.54) is 12.1 Å². The van der Waals surface area contributed by atoms with E-state index in [1.54, 1.807) is 0 Å². The van der Waals surface area contributed by atoms with Gasteiger partial charge in [-0.05, 0) is 12.1 Å². The van der Waals surface area contributed by atoms with E-state index in [2.05, 4.69) is 5.32 Å². The molecule has 1 rings (SSSR count). The Bertz CT molecular complexity index is 506. The SMILES string of the molecule is N[C@H](C(=O)[O-])C(Nc1ccc([N+](=O)[O-])cc1)C(=O)O.[Na+]. The summed E-state index contributed by atoms with van der Waals surface area (Å²) in [6.07, 6.45) is 0. The van der Waals surface area contributed by atoms with Crippen LogP contribution in [0.5, 0.6) is 0 Å². The van der Waals surface area contributed by atoms with E-state index < -0.39 is 28.9 Å². The Morgan fingerprint density at radius 2 is 1.80 bits per heavy atom. The molecule has 20 heavy (non-hydrogen) atoms. The molecule has 0 aliphatic heterocycles. The van der Waals surface area contributed by atoms with Crippen LogP contribution in [-0.4, -0.2) is 34.1 Å². The molecule has 0 saturated carbocycles. The summed E-state index contributed by atoms with van der Waals surface area (Å²) in [4.78, 5) is 31.2. The van der Waals surface area contributed by atoms with Crippen LogP contribution in [0.4, 0.5) is 11.4 Å². The Morgan fingerprint density at radius 1 is 1.30 bits per heavy atom. The third-order valence-electron chi connectivity index (χ3n) is 2.30. The predicted octanol–water partition coefficient (Wildman–Crippen LogP) is -4.46. The number of non-ortho nitro benzene ring substituents is 1. The summed E-state index contributed by atoms with van der Waals surface area (Å²) < 4.78 is 0. The van der Waals surface area contributed by atoms with Crippen molar-refractivity contribution in [1.82, 2.24) is 0 Å². The molecule has 10 heteroatoms. The van der Waals surface area contributed by atoms with Crippen molar-refractivity contribution in [2.75, 3.05) is 5.32 Å². The molecule has 4 N–H and O–H groups in total. The molecule has 0 radical (unpaired) electrons. The number of nitro benzene ring substituents is 1. The summed E-state index contributed by atoms with van der Waals surface area (Å²) in [6, 6.07) is 1.42. The number of benzene rings is 1. The number of aliphatic carboxylic acids is 2. The number of anilines is 1. The van der Waals surface area contributed by atoms with Crippen molar-refractivity contribution in [3.05, 3.63) is 34.4 Å². The first-order valence-electron chi connectivity index (χ1n) is 5.03. The number of carbonyl (C=O) groups is 2. The molecule has 102 valence electrons. The minimum Gasteiger partial charge on any atom is -0.548 e. The normalized spacial score (nSPS) is 12.7. The van der Waals surface area contributed by atoms with E-state index in [1.807, 2.05) is 0 Å². The van der Waals surface area contributed by atoms with Gasteiger partial charge in [-0.1, -0.05) is 0 Å². The van der Waals surface area contributed by atoms with Gasteiger partial charge in [0.2, 0.25) is 0 Å². The minimum atomic E-state index is -1.76. The number of nitrogens with zero attached hydrogens (tertiary/aromatic N) is 1. The van der Waals surface area contributed by atoms with Gasteiger partial charge in [0.25, 0.3) is 5.69 Å². The van der Waals surface area contributed by atoms with Crippen LogP contribution in [0.2, 0.25) is 0 Å².